The number of benzene rings is 1. The monoisotopic (exact) mass is 258 g/mol. The zero-order valence-electron chi connectivity index (χ0n) is 10.2. The Hall–Kier alpha value is -2.63. The molecule has 0 aliphatic rings. The maximum absolute atomic E-state index is 14.1. The number of ether oxygens (including phenoxy) is 1. The van der Waals surface area contributed by atoms with Crippen LogP contribution in [-0.2, 0) is 0 Å². The fraction of sp³-hybridized carbons (Fsp3) is 0.0769. The molecule has 1 aromatic carbocycles. The predicted molar refractivity (Wildman–Crippen MR) is 69.3 cm³/mol. The van der Waals surface area contributed by atoms with Crippen molar-refractivity contribution in [2.24, 2.45) is 0 Å². The highest BCUT2D eigenvalue weighted by Crippen LogP contribution is 2.28. The lowest BCUT2D eigenvalue weighted by Gasteiger charge is -2.06. The molecule has 2 N–H and O–H groups in total. The van der Waals surface area contributed by atoms with Crippen molar-refractivity contribution in [1.29, 1.82) is 0 Å². The highest BCUT2D eigenvalue weighted by molar-refractivity contribution is 5.78. The minimum Gasteiger partial charge on any atom is -0.497 e. The van der Waals surface area contributed by atoms with Crippen molar-refractivity contribution in [3.8, 4) is 16.9 Å². The summed E-state index contributed by atoms with van der Waals surface area (Å²) < 4.78 is 20.6. The average Bonchev–Trinajstić information content (AvgIpc) is 2.78. The summed E-state index contributed by atoms with van der Waals surface area (Å²) >= 11 is 0. The third kappa shape index (κ3) is 1.87. The molecule has 0 spiro atoms. The summed E-state index contributed by atoms with van der Waals surface area (Å²) in [5.41, 5.74) is 7.14. The van der Waals surface area contributed by atoms with Gasteiger partial charge in [0.2, 0.25) is 5.95 Å². The van der Waals surface area contributed by atoms with Gasteiger partial charge < -0.3 is 10.5 Å². The molecule has 0 atom stereocenters. The number of hydrogen-bond donors (Lipinski definition) is 1. The molecule has 0 saturated heterocycles. The van der Waals surface area contributed by atoms with Crippen LogP contribution in [-0.4, -0.2) is 21.7 Å². The normalized spacial score (nSPS) is 10.8. The fourth-order valence-corrected chi connectivity index (χ4v) is 1.97. The smallest absolute Gasteiger partial charge is 0.240 e. The van der Waals surface area contributed by atoms with Gasteiger partial charge in [0, 0.05) is 23.4 Å². The van der Waals surface area contributed by atoms with Crippen molar-refractivity contribution in [3.63, 3.8) is 0 Å². The molecule has 0 unspecified atom stereocenters. The zero-order valence-corrected chi connectivity index (χ0v) is 10.2. The number of anilines is 1. The first-order chi connectivity index (χ1) is 9.19. The van der Waals surface area contributed by atoms with Crippen molar-refractivity contribution in [2.45, 2.75) is 0 Å². The number of hydrogen-bond acceptors (Lipinski definition) is 4. The van der Waals surface area contributed by atoms with E-state index < -0.39 is 0 Å². The lowest BCUT2D eigenvalue weighted by Crippen LogP contribution is -1.92. The molecule has 0 saturated carbocycles. The van der Waals surface area contributed by atoms with E-state index >= 15 is 0 Å². The van der Waals surface area contributed by atoms with Crippen molar-refractivity contribution in [3.05, 3.63) is 42.3 Å². The zero-order chi connectivity index (χ0) is 13.4. The van der Waals surface area contributed by atoms with Gasteiger partial charge in [-0.15, -0.1) is 5.10 Å². The third-order valence-electron chi connectivity index (χ3n) is 2.85. The molecule has 0 aliphatic heterocycles. The van der Waals surface area contributed by atoms with Crippen molar-refractivity contribution >= 4 is 11.6 Å². The van der Waals surface area contributed by atoms with Crippen LogP contribution in [0, 0.1) is 5.82 Å². The molecule has 2 aromatic heterocycles. The number of fused-ring (bicyclic) bond motifs is 1. The summed E-state index contributed by atoms with van der Waals surface area (Å²) in [6.07, 6.45) is 1.71. The number of nitrogen functional groups attached to an aromatic ring is 1. The Labute approximate surface area is 108 Å². The number of pyridine rings is 1. The molecule has 5 nitrogen and oxygen atoms in total. The summed E-state index contributed by atoms with van der Waals surface area (Å²) in [5.74, 6) is 0.240. The Morgan fingerprint density at radius 3 is 2.84 bits per heavy atom. The number of aromatic nitrogens is 3. The highest BCUT2D eigenvalue weighted by atomic mass is 19.1. The fourth-order valence-electron chi connectivity index (χ4n) is 1.97. The molecule has 6 heteroatoms. The van der Waals surface area contributed by atoms with Gasteiger partial charge >= 0.3 is 0 Å². The summed E-state index contributed by atoms with van der Waals surface area (Å²) in [6, 6.07) is 8.21. The van der Waals surface area contributed by atoms with Crippen molar-refractivity contribution in [1.82, 2.24) is 14.6 Å². The molecule has 0 radical (unpaired) electrons. The molecule has 19 heavy (non-hydrogen) atoms. The second-order valence-corrected chi connectivity index (χ2v) is 4.01. The first-order valence-corrected chi connectivity index (χ1v) is 5.64. The van der Waals surface area contributed by atoms with Crippen LogP contribution >= 0.6 is 0 Å². The Morgan fingerprint density at radius 1 is 1.26 bits per heavy atom. The average molecular weight is 258 g/mol. The quantitative estimate of drug-likeness (QED) is 0.764. The lowest BCUT2D eigenvalue weighted by atomic mass is 10.1. The summed E-state index contributed by atoms with van der Waals surface area (Å²) in [7, 11) is 1.49. The number of methoxy groups -OCH3 is 1. The number of nitrogens with zero attached hydrogens (tertiary/aromatic N) is 3. The van der Waals surface area contributed by atoms with Gasteiger partial charge in [0.15, 0.2) is 5.65 Å². The molecule has 0 aliphatic carbocycles. The predicted octanol–water partition coefficient (Wildman–Crippen LogP) is 2.13. The van der Waals surface area contributed by atoms with Crippen LogP contribution in [0.25, 0.3) is 16.8 Å². The van der Waals surface area contributed by atoms with E-state index in [0.717, 1.165) is 0 Å². The summed E-state index contributed by atoms with van der Waals surface area (Å²) in [5, 5.41) is 4.00. The van der Waals surface area contributed by atoms with Crippen LogP contribution in [0.4, 0.5) is 10.3 Å². The van der Waals surface area contributed by atoms with E-state index in [4.69, 9.17) is 10.5 Å². The van der Waals surface area contributed by atoms with E-state index in [2.05, 4.69) is 10.1 Å². The Balaban J connectivity index is 2.24. The summed E-state index contributed by atoms with van der Waals surface area (Å²) in [6.45, 7) is 0. The summed E-state index contributed by atoms with van der Waals surface area (Å²) in [4.78, 5) is 4.10. The first kappa shape index (κ1) is 11.5. The van der Waals surface area contributed by atoms with Gasteiger partial charge in [-0.05, 0) is 24.3 Å². The molecule has 0 amide bonds. The van der Waals surface area contributed by atoms with Crippen LogP contribution in [0.3, 0.4) is 0 Å². The maximum atomic E-state index is 14.1. The second-order valence-electron chi connectivity index (χ2n) is 4.01. The van der Waals surface area contributed by atoms with Crippen LogP contribution in [0.2, 0.25) is 0 Å². The minimum atomic E-state index is -0.381. The standard InChI is InChI=1S/C13H11FN4O/c1-19-8-4-5-9(11(14)7-8)10-3-2-6-18-12(10)16-13(15)17-18/h2-7H,1H3,(H2,15,17). The van der Waals surface area contributed by atoms with Gasteiger partial charge in [-0.25, -0.2) is 8.91 Å². The van der Waals surface area contributed by atoms with E-state index in [1.807, 2.05) is 0 Å². The van der Waals surface area contributed by atoms with E-state index in [1.165, 1.54) is 17.7 Å². The second kappa shape index (κ2) is 4.24. The van der Waals surface area contributed by atoms with E-state index in [0.29, 0.717) is 22.5 Å². The molecule has 2 heterocycles. The lowest BCUT2D eigenvalue weighted by molar-refractivity contribution is 0.411. The van der Waals surface area contributed by atoms with Gasteiger partial charge in [-0.3, -0.25) is 0 Å². The van der Waals surface area contributed by atoms with Crippen LogP contribution in [0.15, 0.2) is 36.5 Å². The van der Waals surface area contributed by atoms with Crippen LogP contribution in [0.5, 0.6) is 5.75 Å². The van der Waals surface area contributed by atoms with E-state index in [9.17, 15) is 4.39 Å². The van der Waals surface area contributed by atoms with E-state index in [1.54, 1.807) is 30.5 Å². The highest BCUT2D eigenvalue weighted by Gasteiger charge is 2.12. The maximum Gasteiger partial charge on any atom is 0.240 e. The molecule has 96 valence electrons. The van der Waals surface area contributed by atoms with Gasteiger partial charge in [-0.2, -0.15) is 4.98 Å². The third-order valence-corrected chi connectivity index (χ3v) is 2.85. The minimum absolute atomic E-state index is 0.154. The number of rotatable bonds is 2. The Kier molecular flexibility index (Phi) is 2.56. The van der Waals surface area contributed by atoms with Crippen molar-refractivity contribution in [2.75, 3.05) is 12.8 Å². The van der Waals surface area contributed by atoms with Gasteiger partial charge in [0.05, 0.1) is 7.11 Å². The topological polar surface area (TPSA) is 65.4 Å². The van der Waals surface area contributed by atoms with Crippen LogP contribution in [0.1, 0.15) is 0 Å². The molecule has 3 aromatic rings. The van der Waals surface area contributed by atoms with Gasteiger partial charge in [0.25, 0.3) is 0 Å². The Bertz CT molecular complexity index is 753. The van der Waals surface area contributed by atoms with Gasteiger partial charge in [0.1, 0.15) is 11.6 Å². The largest absolute Gasteiger partial charge is 0.497 e. The van der Waals surface area contributed by atoms with E-state index in [-0.39, 0.29) is 11.8 Å². The molecule has 0 bridgehead atoms. The Morgan fingerprint density at radius 2 is 2.11 bits per heavy atom. The first-order valence-electron chi connectivity index (χ1n) is 5.64. The molecular weight excluding hydrogens is 247 g/mol. The number of nitrogens with two attached hydrogens (primary N) is 1. The van der Waals surface area contributed by atoms with Gasteiger partial charge in [-0.1, -0.05) is 0 Å². The molecular formula is C13H11FN4O. The SMILES string of the molecule is COc1ccc(-c2cccn3nc(N)nc23)c(F)c1. The van der Waals surface area contributed by atoms with Crippen molar-refractivity contribution < 1.29 is 9.13 Å². The van der Waals surface area contributed by atoms with Crippen LogP contribution < -0.4 is 10.5 Å². The molecule has 3 rings (SSSR count). The molecule has 0 fully saturated rings. The number of halogens is 1.